The third kappa shape index (κ3) is 3.59. The zero-order valence-electron chi connectivity index (χ0n) is 9.06. The van der Waals surface area contributed by atoms with E-state index in [1.165, 1.54) is 6.07 Å². The summed E-state index contributed by atoms with van der Waals surface area (Å²) in [5, 5.41) is 10.2. The van der Waals surface area contributed by atoms with E-state index in [9.17, 15) is 4.79 Å². The van der Waals surface area contributed by atoms with Crippen molar-refractivity contribution in [3.63, 3.8) is 0 Å². The Balaban J connectivity index is 2.11. The first kappa shape index (κ1) is 12.7. The molecule has 1 aliphatic heterocycles. The van der Waals surface area contributed by atoms with E-state index in [1.54, 1.807) is 17.8 Å². The van der Waals surface area contributed by atoms with Crippen LogP contribution in [0.3, 0.4) is 0 Å². The van der Waals surface area contributed by atoms with Gasteiger partial charge in [-0.3, -0.25) is 0 Å². The van der Waals surface area contributed by atoms with E-state index >= 15 is 0 Å². The van der Waals surface area contributed by atoms with Gasteiger partial charge in [0.15, 0.2) is 0 Å². The van der Waals surface area contributed by atoms with Crippen LogP contribution in [0.4, 0.5) is 0 Å². The summed E-state index contributed by atoms with van der Waals surface area (Å²) in [6, 6.07) is 2.92. The highest BCUT2D eigenvalue weighted by molar-refractivity contribution is 7.99. The molecule has 1 aliphatic rings. The van der Waals surface area contributed by atoms with Gasteiger partial charge in [-0.2, -0.15) is 0 Å². The maximum Gasteiger partial charge on any atom is 0.335 e. The molecule has 0 bridgehead atoms. The zero-order chi connectivity index (χ0) is 12.3. The van der Waals surface area contributed by atoms with Crippen LogP contribution in [-0.2, 0) is 4.74 Å². The van der Waals surface area contributed by atoms with Crippen molar-refractivity contribution in [2.45, 2.75) is 23.1 Å². The highest BCUT2D eigenvalue weighted by Gasteiger charge is 2.17. The number of thioether (sulfide) groups is 1. The number of carboxylic acid groups (broad SMARTS) is 1. The number of pyridine rings is 1. The lowest BCUT2D eigenvalue weighted by molar-refractivity contribution is 0.0696. The average molecular weight is 274 g/mol. The molecule has 6 heteroatoms. The van der Waals surface area contributed by atoms with Gasteiger partial charge in [0.25, 0.3) is 0 Å². The van der Waals surface area contributed by atoms with Crippen LogP contribution in [0.5, 0.6) is 0 Å². The summed E-state index contributed by atoms with van der Waals surface area (Å²) >= 11 is 7.37. The number of carboxylic acids is 1. The highest BCUT2D eigenvalue weighted by atomic mass is 35.5. The molecule has 2 heterocycles. The summed E-state index contributed by atoms with van der Waals surface area (Å²) in [4.78, 5) is 15.0. The lowest BCUT2D eigenvalue weighted by Crippen LogP contribution is -2.17. The van der Waals surface area contributed by atoms with E-state index in [0.29, 0.717) is 10.3 Å². The van der Waals surface area contributed by atoms with Gasteiger partial charge in [-0.1, -0.05) is 11.6 Å². The van der Waals surface area contributed by atoms with Gasteiger partial charge in [-0.05, 0) is 25.0 Å². The Labute approximate surface area is 108 Å². The van der Waals surface area contributed by atoms with Crippen molar-refractivity contribution in [2.75, 3.05) is 13.2 Å². The van der Waals surface area contributed by atoms with E-state index in [4.69, 9.17) is 21.4 Å². The summed E-state index contributed by atoms with van der Waals surface area (Å²) in [6.07, 6.45) is 1.92. The Morgan fingerprint density at radius 3 is 2.82 bits per heavy atom. The van der Waals surface area contributed by atoms with E-state index < -0.39 is 5.97 Å². The van der Waals surface area contributed by atoms with Crippen LogP contribution in [0.1, 0.15) is 23.2 Å². The first-order valence-corrected chi connectivity index (χ1v) is 6.56. The Morgan fingerprint density at radius 2 is 2.18 bits per heavy atom. The van der Waals surface area contributed by atoms with E-state index in [-0.39, 0.29) is 10.7 Å². The second-order valence-corrected chi connectivity index (χ2v) is 5.46. The highest BCUT2D eigenvalue weighted by Crippen LogP contribution is 2.29. The van der Waals surface area contributed by atoms with Crippen LogP contribution in [0, 0.1) is 0 Å². The van der Waals surface area contributed by atoms with Gasteiger partial charge in [0, 0.05) is 18.5 Å². The summed E-state index contributed by atoms with van der Waals surface area (Å²) in [5.74, 6) is -0.983. The van der Waals surface area contributed by atoms with Crippen LogP contribution < -0.4 is 0 Å². The molecule has 4 nitrogen and oxygen atoms in total. The van der Waals surface area contributed by atoms with Gasteiger partial charge in [-0.25, -0.2) is 9.78 Å². The van der Waals surface area contributed by atoms with Gasteiger partial charge < -0.3 is 9.84 Å². The summed E-state index contributed by atoms with van der Waals surface area (Å²) in [5.41, 5.74) is 0.180. The van der Waals surface area contributed by atoms with Gasteiger partial charge >= 0.3 is 5.97 Å². The molecule has 0 atom stereocenters. The Bertz CT molecular complexity index is 421. The minimum atomic E-state index is -0.983. The molecule has 1 aromatic heterocycles. The van der Waals surface area contributed by atoms with Crippen LogP contribution in [0.25, 0.3) is 0 Å². The number of hydrogen-bond acceptors (Lipinski definition) is 4. The van der Waals surface area contributed by atoms with Crippen molar-refractivity contribution in [3.8, 4) is 0 Å². The number of hydrogen-bond donors (Lipinski definition) is 1. The monoisotopic (exact) mass is 273 g/mol. The summed E-state index contributed by atoms with van der Waals surface area (Å²) in [6.45, 7) is 1.51. The molecular formula is C11H12ClNO3S. The lowest BCUT2D eigenvalue weighted by Gasteiger charge is -2.21. The van der Waals surface area contributed by atoms with Crippen molar-refractivity contribution in [1.82, 2.24) is 4.98 Å². The number of carbonyl (C=O) groups is 1. The Hall–Kier alpha value is -0.780. The normalized spacial score (nSPS) is 17.0. The first-order chi connectivity index (χ1) is 8.15. The fraction of sp³-hybridized carbons (Fsp3) is 0.455. The third-order valence-corrected chi connectivity index (χ3v) is 3.92. The lowest BCUT2D eigenvalue weighted by atomic mass is 10.2. The molecule has 1 saturated heterocycles. The predicted molar refractivity (Wildman–Crippen MR) is 65.9 cm³/mol. The Kier molecular flexibility index (Phi) is 4.25. The molecule has 0 amide bonds. The maximum absolute atomic E-state index is 10.9. The standard InChI is InChI=1S/C11H12ClNO3S/c12-9-5-7(11(14)15)6-10(13-9)17-8-1-3-16-4-2-8/h5-6,8H,1-4H2,(H,14,15). The SMILES string of the molecule is O=C(O)c1cc(Cl)nc(SC2CCOCC2)c1. The molecule has 1 fully saturated rings. The van der Waals surface area contributed by atoms with Crippen molar-refractivity contribution in [3.05, 3.63) is 22.8 Å². The molecule has 1 N–H and O–H groups in total. The van der Waals surface area contributed by atoms with Crippen LogP contribution >= 0.6 is 23.4 Å². The van der Waals surface area contributed by atoms with Gasteiger partial charge in [0.2, 0.25) is 0 Å². The molecule has 0 aromatic carbocycles. The minimum Gasteiger partial charge on any atom is -0.478 e. The summed E-state index contributed by atoms with van der Waals surface area (Å²) < 4.78 is 5.27. The van der Waals surface area contributed by atoms with Crippen LogP contribution in [0.2, 0.25) is 5.15 Å². The second kappa shape index (κ2) is 5.71. The number of nitrogens with zero attached hydrogens (tertiary/aromatic N) is 1. The molecule has 92 valence electrons. The molecule has 0 aliphatic carbocycles. The summed E-state index contributed by atoms with van der Waals surface area (Å²) in [7, 11) is 0. The topological polar surface area (TPSA) is 59.4 Å². The number of halogens is 1. The van der Waals surface area contributed by atoms with E-state index in [2.05, 4.69) is 4.98 Å². The maximum atomic E-state index is 10.9. The third-order valence-electron chi connectivity index (χ3n) is 2.47. The minimum absolute atomic E-state index is 0.180. The van der Waals surface area contributed by atoms with E-state index in [1.807, 2.05) is 0 Å². The molecule has 1 aromatic rings. The smallest absolute Gasteiger partial charge is 0.335 e. The first-order valence-electron chi connectivity index (χ1n) is 5.30. The van der Waals surface area contributed by atoms with Crippen LogP contribution in [0.15, 0.2) is 17.2 Å². The fourth-order valence-corrected chi connectivity index (χ4v) is 3.00. The number of aromatic carboxylic acids is 1. The molecular weight excluding hydrogens is 262 g/mol. The van der Waals surface area contributed by atoms with Crippen molar-refractivity contribution in [1.29, 1.82) is 0 Å². The van der Waals surface area contributed by atoms with E-state index in [0.717, 1.165) is 26.1 Å². The molecule has 0 saturated carbocycles. The second-order valence-electron chi connectivity index (χ2n) is 3.75. The molecule has 17 heavy (non-hydrogen) atoms. The van der Waals surface area contributed by atoms with Crippen molar-refractivity contribution >= 4 is 29.3 Å². The number of ether oxygens (including phenoxy) is 1. The van der Waals surface area contributed by atoms with Crippen molar-refractivity contribution in [2.24, 2.45) is 0 Å². The molecule has 0 radical (unpaired) electrons. The fourth-order valence-electron chi connectivity index (χ4n) is 1.62. The average Bonchev–Trinajstić information content (AvgIpc) is 2.29. The molecule has 0 unspecified atom stereocenters. The van der Waals surface area contributed by atoms with Gasteiger partial charge in [0.05, 0.1) is 10.6 Å². The quantitative estimate of drug-likeness (QED) is 0.858. The van der Waals surface area contributed by atoms with Gasteiger partial charge in [0.1, 0.15) is 5.15 Å². The predicted octanol–water partition coefficient (Wildman–Crippen LogP) is 2.70. The molecule has 0 spiro atoms. The number of rotatable bonds is 3. The molecule has 2 rings (SSSR count). The van der Waals surface area contributed by atoms with Gasteiger partial charge in [-0.15, -0.1) is 11.8 Å². The van der Waals surface area contributed by atoms with Crippen LogP contribution in [-0.4, -0.2) is 34.5 Å². The number of aromatic nitrogens is 1. The Morgan fingerprint density at radius 1 is 1.47 bits per heavy atom. The zero-order valence-corrected chi connectivity index (χ0v) is 10.6. The largest absolute Gasteiger partial charge is 0.478 e. The van der Waals surface area contributed by atoms with Crippen molar-refractivity contribution < 1.29 is 14.6 Å².